The van der Waals surface area contributed by atoms with Gasteiger partial charge in [-0.3, -0.25) is 4.79 Å². The molecule has 2 unspecified atom stereocenters. The quantitative estimate of drug-likeness (QED) is 0.563. The standard InChI is InChI=1S/C22H23F4N5O/c1-2-16(12-3-5-14(23)6-4-12)20(27)17-11-31-19(28-17)8-7-15(30-31)9-13-10-18(22(24,25)26)29-21(13)32/h3-8,11,13,16,18,20H,2,9-10,27H2,1H3,(H,29,32)/t13-,16?,18-,20?/m0/s1. The summed E-state index contributed by atoms with van der Waals surface area (Å²) in [7, 11) is 0. The molecule has 0 spiro atoms. The Kier molecular flexibility index (Phi) is 5.89. The van der Waals surface area contributed by atoms with Gasteiger partial charge in [0.15, 0.2) is 5.65 Å². The van der Waals surface area contributed by atoms with Gasteiger partial charge in [-0.05, 0) is 42.7 Å². The summed E-state index contributed by atoms with van der Waals surface area (Å²) in [6.45, 7) is 1.99. The molecule has 170 valence electrons. The second kappa shape index (κ2) is 8.50. The van der Waals surface area contributed by atoms with E-state index in [1.807, 2.05) is 12.2 Å². The fourth-order valence-electron chi connectivity index (χ4n) is 4.21. The third-order valence-electron chi connectivity index (χ3n) is 5.97. The lowest BCUT2D eigenvalue weighted by molar-refractivity contribution is -0.154. The number of carbonyl (C=O) groups excluding carboxylic acids is 1. The Balaban J connectivity index is 1.53. The van der Waals surface area contributed by atoms with Crippen molar-refractivity contribution in [1.82, 2.24) is 19.9 Å². The number of nitrogens with zero attached hydrogens (tertiary/aromatic N) is 3. The topological polar surface area (TPSA) is 85.3 Å². The fourth-order valence-corrected chi connectivity index (χ4v) is 4.21. The van der Waals surface area contributed by atoms with Crippen molar-refractivity contribution in [2.75, 3.05) is 0 Å². The predicted octanol–water partition coefficient (Wildman–Crippen LogP) is 3.67. The minimum atomic E-state index is -4.46. The number of rotatable bonds is 6. The first-order valence-electron chi connectivity index (χ1n) is 10.4. The maximum atomic E-state index is 13.3. The molecule has 1 aromatic carbocycles. The highest BCUT2D eigenvalue weighted by Gasteiger charge is 2.47. The molecular weight excluding hydrogens is 426 g/mol. The molecule has 1 fully saturated rings. The molecule has 0 aliphatic carbocycles. The van der Waals surface area contributed by atoms with Crippen LogP contribution in [0.4, 0.5) is 17.6 Å². The number of nitrogens with one attached hydrogen (secondary N) is 1. The van der Waals surface area contributed by atoms with Crippen LogP contribution in [-0.2, 0) is 11.2 Å². The van der Waals surface area contributed by atoms with Crippen molar-refractivity contribution in [1.29, 1.82) is 0 Å². The van der Waals surface area contributed by atoms with Gasteiger partial charge in [-0.15, -0.1) is 0 Å². The normalized spacial score (nSPS) is 21.0. The Morgan fingerprint density at radius 1 is 1.22 bits per heavy atom. The SMILES string of the molecule is CCC(c1ccc(F)cc1)C(N)c1cn2nc(C[C@H]3C[C@@H](C(F)(F)F)NC3=O)ccc2n1. The van der Waals surface area contributed by atoms with Crippen LogP contribution >= 0.6 is 0 Å². The lowest BCUT2D eigenvalue weighted by Gasteiger charge is -2.21. The molecule has 10 heteroatoms. The molecule has 2 aromatic heterocycles. The van der Waals surface area contributed by atoms with Gasteiger partial charge in [0, 0.05) is 18.3 Å². The fraction of sp³-hybridized carbons (Fsp3) is 0.409. The number of benzene rings is 1. The van der Waals surface area contributed by atoms with Crippen LogP contribution in [0.1, 0.15) is 48.7 Å². The van der Waals surface area contributed by atoms with Crippen molar-refractivity contribution in [3.8, 4) is 0 Å². The summed E-state index contributed by atoms with van der Waals surface area (Å²) in [5.74, 6) is -1.81. The Bertz CT molecular complexity index is 1110. The van der Waals surface area contributed by atoms with E-state index in [1.165, 1.54) is 16.6 Å². The average molecular weight is 449 g/mol. The summed E-state index contributed by atoms with van der Waals surface area (Å²) in [6.07, 6.45) is -2.27. The van der Waals surface area contributed by atoms with Crippen LogP contribution < -0.4 is 11.1 Å². The van der Waals surface area contributed by atoms with Crippen molar-refractivity contribution >= 4 is 11.6 Å². The van der Waals surface area contributed by atoms with Crippen LogP contribution in [0.2, 0.25) is 0 Å². The number of fused-ring (bicyclic) bond motifs is 1. The van der Waals surface area contributed by atoms with Crippen LogP contribution in [0.25, 0.3) is 5.65 Å². The highest BCUT2D eigenvalue weighted by molar-refractivity contribution is 5.81. The zero-order valence-corrected chi connectivity index (χ0v) is 17.3. The number of aromatic nitrogens is 3. The third-order valence-corrected chi connectivity index (χ3v) is 5.97. The van der Waals surface area contributed by atoms with Crippen molar-refractivity contribution in [3.05, 3.63) is 65.4 Å². The molecule has 3 aromatic rings. The Labute approximate surface area is 181 Å². The molecule has 1 saturated heterocycles. The number of hydrogen-bond donors (Lipinski definition) is 2. The van der Waals surface area contributed by atoms with Crippen LogP contribution in [0.5, 0.6) is 0 Å². The summed E-state index contributed by atoms with van der Waals surface area (Å²) in [5.41, 5.74) is 9.00. The number of alkyl halides is 3. The second-order valence-electron chi connectivity index (χ2n) is 8.12. The molecule has 0 saturated carbocycles. The van der Waals surface area contributed by atoms with E-state index >= 15 is 0 Å². The van der Waals surface area contributed by atoms with Gasteiger partial charge in [0.05, 0.1) is 23.6 Å². The third kappa shape index (κ3) is 4.45. The highest BCUT2D eigenvalue weighted by Crippen LogP contribution is 2.33. The van der Waals surface area contributed by atoms with Crippen molar-refractivity contribution in [2.24, 2.45) is 11.7 Å². The lowest BCUT2D eigenvalue weighted by Crippen LogP contribution is -2.38. The van der Waals surface area contributed by atoms with Crippen LogP contribution in [0.3, 0.4) is 0 Å². The van der Waals surface area contributed by atoms with Gasteiger partial charge in [0.1, 0.15) is 11.9 Å². The van der Waals surface area contributed by atoms with Crippen molar-refractivity contribution in [3.63, 3.8) is 0 Å². The Morgan fingerprint density at radius 2 is 1.94 bits per heavy atom. The van der Waals surface area contributed by atoms with Gasteiger partial charge in [0.2, 0.25) is 5.91 Å². The number of hydrogen-bond acceptors (Lipinski definition) is 4. The van der Waals surface area contributed by atoms with E-state index in [9.17, 15) is 22.4 Å². The summed E-state index contributed by atoms with van der Waals surface area (Å²) < 4.78 is 53.5. The smallest absolute Gasteiger partial charge is 0.344 e. The lowest BCUT2D eigenvalue weighted by atomic mass is 9.88. The molecule has 0 radical (unpaired) electrons. The zero-order chi connectivity index (χ0) is 23.0. The summed E-state index contributed by atoms with van der Waals surface area (Å²) >= 11 is 0. The first-order chi connectivity index (χ1) is 15.2. The van der Waals surface area contributed by atoms with Gasteiger partial charge >= 0.3 is 6.18 Å². The van der Waals surface area contributed by atoms with Crippen LogP contribution in [0, 0.1) is 11.7 Å². The second-order valence-corrected chi connectivity index (χ2v) is 8.12. The van der Waals surface area contributed by atoms with E-state index in [-0.39, 0.29) is 24.6 Å². The van der Waals surface area contributed by atoms with E-state index in [0.717, 1.165) is 12.0 Å². The molecule has 1 aliphatic rings. The van der Waals surface area contributed by atoms with Crippen LogP contribution in [-0.4, -0.2) is 32.7 Å². The van der Waals surface area contributed by atoms with Gasteiger partial charge in [-0.2, -0.15) is 18.3 Å². The van der Waals surface area contributed by atoms with Gasteiger partial charge < -0.3 is 11.1 Å². The summed E-state index contributed by atoms with van der Waals surface area (Å²) in [4.78, 5) is 16.5. The van der Waals surface area contributed by atoms with E-state index < -0.39 is 30.1 Å². The molecule has 4 rings (SSSR count). The van der Waals surface area contributed by atoms with E-state index in [4.69, 9.17) is 5.73 Å². The molecular formula is C22H23F4N5O. The highest BCUT2D eigenvalue weighted by atomic mass is 19.4. The van der Waals surface area contributed by atoms with E-state index in [2.05, 4.69) is 10.1 Å². The largest absolute Gasteiger partial charge is 0.408 e. The molecule has 3 N–H and O–H groups in total. The molecule has 4 atom stereocenters. The number of halogens is 4. The number of imidazole rings is 1. The number of nitrogens with two attached hydrogens (primary N) is 1. The monoisotopic (exact) mass is 449 g/mol. The molecule has 1 amide bonds. The Hall–Kier alpha value is -3.01. The predicted molar refractivity (Wildman–Crippen MR) is 109 cm³/mol. The maximum absolute atomic E-state index is 13.3. The van der Waals surface area contributed by atoms with Gasteiger partial charge in [0.25, 0.3) is 0 Å². The minimum absolute atomic E-state index is 0.0820. The first-order valence-corrected chi connectivity index (χ1v) is 10.4. The zero-order valence-electron chi connectivity index (χ0n) is 17.3. The summed E-state index contributed by atoms with van der Waals surface area (Å²) in [5, 5.41) is 6.43. The maximum Gasteiger partial charge on any atom is 0.408 e. The summed E-state index contributed by atoms with van der Waals surface area (Å²) in [6, 6.07) is 7.28. The van der Waals surface area contributed by atoms with Crippen molar-refractivity contribution < 1.29 is 22.4 Å². The average Bonchev–Trinajstić information content (AvgIpc) is 3.33. The molecule has 3 heterocycles. The minimum Gasteiger partial charge on any atom is -0.344 e. The van der Waals surface area contributed by atoms with Crippen LogP contribution in [0.15, 0.2) is 42.6 Å². The first kappa shape index (κ1) is 22.2. The number of amides is 1. The van der Waals surface area contributed by atoms with E-state index in [0.29, 0.717) is 17.0 Å². The molecule has 32 heavy (non-hydrogen) atoms. The van der Waals surface area contributed by atoms with E-state index in [1.54, 1.807) is 30.5 Å². The molecule has 0 bridgehead atoms. The van der Waals surface area contributed by atoms with Crippen molar-refractivity contribution in [2.45, 2.75) is 50.4 Å². The van der Waals surface area contributed by atoms with Gasteiger partial charge in [-0.1, -0.05) is 19.1 Å². The Morgan fingerprint density at radius 3 is 2.56 bits per heavy atom. The number of carbonyl (C=O) groups is 1. The van der Waals surface area contributed by atoms with Gasteiger partial charge in [-0.25, -0.2) is 13.9 Å². The molecule has 6 nitrogen and oxygen atoms in total. The molecule has 1 aliphatic heterocycles.